The molecule has 0 unspecified atom stereocenters. The highest BCUT2D eigenvalue weighted by Crippen LogP contribution is 2.03. The van der Waals surface area contributed by atoms with Crippen molar-refractivity contribution in [2.75, 3.05) is 0 Å². The Morgan fingerprint density at radius 2 is 2.29 bits per heavy atom. The van der Waals surface area contributed by atoms with Crippen molar-refractivity contribution in [1.29, 1.82) is 5.26 Å². The molecule has 68 valence electrons. The molecule has 0 saturated heterocycles. The minimum atomic E-state index is 0.233. The van der Waals surface area contributed by atoms with E-state index in [9.17, 15) is 0 Å². The van der Waals surface area contributed by atoms with E-state index in [2.05, 4.69) is 11.8 Å². The highest BCUT2D eigenvalue weighted by Gasteiger charge is 1.95. The van der Waals surface area contributed by atoms with Gasteiger partial charge in [-0.3, -0.25) is 0 Å². The van der Waals surface area contributed by atoms with Gasteiger partial charge in [-0.05, 0) is 12.1 Å². The predicted molar refractivity (Wildman–Crippen MR) is 59.4 cm³/mol. The number of thiocarbonyl (C=S) groups is 1. The molecule has 2 N–H and O–H groups in total. The predicted octanol–water partition coefficient (Wildman–Crippen LogP) is 1.59. The van der Waals surface area contributed by atoms with Crippen LogP contribution in [0, 0.1) is 23.2 Å². The van der Waals surface area contributed by atoms with Gasteiger partial charge in [0.25, 0.3) is 0 Å². The van der Waals surface area contributed by atoms with Crippen molar-refractivity contribution in [3.05, 3.63) is 35.4 Å². The fourth-order valence-electron chi connectivity index (χ4n) is 0.936. The lowest BCUT2D eigenvalue weighted by Crippen LogP contribution is -2.08. The third-order valence-corrected chi connectivity index (χ3v) is 1.78. The van der Waals surface area contributed by atoms with Crippen LogP contribution >= 0.6 is 12.2 Å². The molecular formula is C11H8N2S. The number of benzene rings is 1. The molecule has 0 saturated carbocycles. The van der Waals surface area contributed by atoms with Crippen LogP contribution in [0.2, 0.25) is 0 Å². The molecular weight excluding hydrogens is 192 g/mol. The molecule has 3 heteroatoms. The van der Waals surface area contributed by atoms with Crippen LogP contribution in [0.3, 0.4) is 0 Å². The van der Waals surface area contributed by atoms with E-state index in [0.717, 1.165) is 11.1 Å². The summed E-state index contributed by atoms with van der Waals surface area (Å²) in [4.78, 5) is 0.355. The summed E-state index contributed by atoms with van der Waals surface area (Å²) in [5.41, 5.74) is 7.09. The van der Waals surface area contributed by atoms with Gasteiger partial charge in [-0.25, -0.2) is 0 Å². The van der Waals surface area contributed by atoms with Gasteiger partial charge in [0, 0.05) is 11.1 Å². The van der Waals surface area contributed by atoms with E-state index in [-0.39, 0.29) is 6.42 Å². The van der Waals surface area contributed by atoms with Crippen LogP contribution in [0.15, 0.2) is 24.3 Å². The zero-order valence-electron chi connectivity index (χ0n) is 7.45. The Bertz CT molecular complexity index is 446. The highest BCUT2D eigenvalue weighted by atomic mass is 32.1. The van der Waals surface area contributed by atoms with Gasteiger partial charge in [0.15, 0.2) is 0 Å². The first-order valence-corrected chi connectivity index (χ1v) is 4.40. The first-order valence-electron chi connectivity index (χ1n) is 3.99. The molecule has 0 aromatic heterocycles. The second kappa shape index (κ2) is 5.01. The van der Waals surface area contributed by atoms with E-state index in [4.69, 9.17) is 23.2 Å². The van der Waals surface area contributed by atoms with Crippen molar-refractivity contribution >= 4 is 17.2 Å². The summed E-state index contributed by atoms with van der Waals surface area (Å²) in [5, 5.41) is 8.29. The Morgan fingerprint density at radius 1 is 1.50 bits per heavy atom. The molecule has 0 radical (unpaired) electrons. The lowest BCUT2D eigenvalue weighted by Gasteiger charge is -1.97. The number of hydrogen-bond acceptors (Lipinski definition) is 2. The molecule has 0 aliphatic rings. The van der Waals surface area contributed by atoms with Crippen molar-refractivity contribution < 1.29 is 0 Å². The SMILES string of the molecule is N#CCC#Cc1cccc(C(N)=S)c1. The summed E-state index contributed by atoms with van der Waals surface area (Å²) < 4.78 is 0. The van der Waals surface area contributed by atoms with Gasteiger partial charge in [-0.1, -0.05) is 36.2 Å². The van der Waals surface area contributed by atoms with E-state index in [1.165, 1.54) is 0 Å². The third kappa shape index (κ3) is 2.90. The van der Waals surface area contributed by atoms with Crippen LogP contribution < -0.4 is 5.73 Å². The molecule has 2 nitrogen and oxygen atoms in total. The molecule has 0 aliphatic carbocycles. The quantitative estimate of drug-likeness (QED) is 0.553. The standard InChI is InChI=1S/C11H8N2S/c12-7-2-1-4-9-5-3-6-10(8-9)11(13)14/h3,5-6,8H,2H2,(H2,13,14). The van der Waals surface area contributed by atoms with Gasteiger partial charge in [0.1, 0.15) is 4.99 Å². The summed E-state index contributed by atoms with van der Waals surface area (Å²) in [6, 6.07) is 9.29. The topological polar surface area (TPSA) is 49.8 Å². The van der Waals surface area contributed by atoms with Crippen LogP contribution in [0.5, 0.6) is 0 Å². The second-order valence-electron chi connectivity index (χ2n) is 2.58. The zero-order valence-corrected chi connectivity index (χ0v) is 8.27. The largest absolute Gasteiger partial charge is 0.389 e. The van der Waals surface area contributed by atoms with Gasteiger partial charge in [0.05, 0.1) is 12.5 Å². The fourth-order valence-corrected chi connectivity index (χ4v) is 1.06. The summed E-state index contributed by atoms with van der Waals surface area (Å²) in [7, 11) is 0. The van der Waals surface area contributed by atoms with Crippen LogP contribution in [0.1, 0.15) is 17.5 Å². The minimum absolute atomic E-state index is 0.233. The summed E-state index contributed by atoms with van der Waals surface area (Å²) in [6.07, 6.45) is 0.233. The number of nitrogens with zero attached hydrogens (tertiary/aromatic N) is 1. The molecule has 0 spiro atoms. The van der Waals surface area contributed by atoms with Gasteiger partial charge >= 0.3 is 0 Å². The second-order valence-corrected chi connectivity index (χ2v) is 3.02. The lowest BCUT2D eigenvalue weighted by atomic mass is 10.1. The molecule has 0 atom stereocenters. The van der Waals surface area contributed by atoms with E-state index >= 15 is 0 Å². The molecule has 14 heavy (non-hydrogen) atoms. The van der Waals surface area contributed by atoms with E-state index < -0.39 is 0 Å². The fraction of sp³-hybridized carbons (Fsp3) is 0.0909. The number of rotatable bonds is 1. The molecule has 0 heterocycles. The summed E-state index contributed by atoms with van der Waals surface area (Å²) in [5.74, 6) is 5.58. The molecule has 0 fully saturated rings. The molecule has 0 aliphatic heterocycles. The van der Waals surface area contributed by atoms with Gasteiger partial charge in [-0.2, -0.15) is 5.26 Å². The molecule has 1 aromatic rings. The van der Waals surface area contributed by atoms with Crippen LogP contribution in [-0.2, 0) is 0 Å². The van der Waals surface area contributed by atoms with E-state index in [1.54, 1.807) is 0 Å². The first-order chi connectivity index (χ1) is 6.74. The van der Waals surface area contributed by atoms with Crippen LogP contribution in [-0.4, -0.2) is 4.99 Å². The smallest absolute Gasteiger partial charge is 0.104 e. The number of hydrogen-bond donors (Lipinski definition) is 1. The van der Waals surface area contributed by atoms with Crippen molar-refractivity contribution in [3.63, 3.8) is 0 Å². The van der Waals surface area contributed by atoms with Gasteiger partial charge in [-0.15, -0.1) is 0 Å². The number of nitriles is 1. The maximum Gasteiger partial charge on any atom is 0.104 e. The Kier molecular flexibility index (Phi) is 3.67. The van der Waals surface area contributed by atoms with E-state index in [1.807, 2.05) is 30.3 Å². The van der Waals surface area contributed by atoms with Crippen molar-refractivity contribution in [3.8, 4) is 17.9 Å². The summed E-state index contributed by atoms with van der Waals surface area (Å²) >= 11 is 4.83. The minimum Gasteiger partial charge on any atom is -0.389 e. The average molecular weight is 200 g/mol. The van der Waals surface area contributed by atoms with Crippen LogP contribution in [0.25, 0.3) is 0 Å². The maximum atomic E-state index is 8.29. The van der Waals surface area contributed by atoms with Gasteiger partial charge < -0.3 is 5.73 Å². The van der Waals surface area contributed by atoms with E-state index in [0.29, 0.717) is 4.99 Å². The third-order valence-electron chi connectivity index (χ3n) is 1.55. The Balaban J connectivity index is 2.92. The Hall–Kier alpha value is -1.84. The Labute approximate surface area is 88.3 Å². The number of nitrogens with two attached hydrogens (primary N) is 1. The highest BCUT2D eigenvalue weighted by molar-refractivity contribution is 7.80. The van der Waals surface area contributed by atoms with Crippen LogP contribution in [0.4, 0.5) is 0 Å². The molecule has 0 bridgehead atoms. The molecule has 0 amide bonds. The average Bonchev–Trinajstić information content (AvgIpc) is 2.19. The molecule has 1 rings (SSSR count). The Morgan fingerprint density at radius 3 is 2.93 bits per heavy atom. The first kappa shape index (κ1) is 10.2. The summed E-state index contributed by atoms with van der Waals surface area (Å²) in [6.45, 7) is 0. The van der Waals surface area contributed by atoms with Crippen molar-refractivity contribution in [2.24, 2.45) is 5.73 Å². The maximum absolute atomic E-state index is 8.29. The molecule has 1 aromatic carbocycles. The normalized spacial score (nSPS) is 8.21. The van der Waals surface area contributed by atoms with Crippen molar-refractivity contribution in [1.82, 2.24) is 0 Å². The lowest BCUT2D eigenvalue weighted by molar-refractivity contribution is 1.39. The monoisotopic (exact) mass is 200 g/mol. The van der Waals surface area contributed by atoms with Gasteiger partial charge in [0.2, 0.25) is 0 Å². The van der Waals surface area contributed by atoms with Crippen molar-refractivity contribution in [2.45, 2.75) is 6.42 Å². The zero-order chi connectivity index (χ0) is 10.4.